The minimum atomic E-state index is -1.04. The molecule has 0 aromatic carbocycles. The molecule has 1 heterocycles. The summed E-state index contributed by atoms with van der Waals surface area (Å²) >= 11 is 5.64. The van der Waals surface area contributed by atoms with Crippen LogP contribution < -0.4 is 4.74 Å². The van der Waals surface area contributed by atoms with E-state index in [-0.39, 0.29) is 11.0 Å². The molecule has 0 amide bonds. The number of aliphatic hydroxyl groups is 1. The van der Waals surface area contributed by atoms with E-state index in [1.807, 2.05) is 0 Å². The van der Waals surface area contributed by atoms with E-state index < -0.39 is 5.60 Å². The fraction of sp³-hybridized carbons (Fsp3) is 0.500. The van der Waals surface area contributed by atoms with Crippen molar-refractivity contribution in [2.75, 3.05) is 7.11 Å². The van der Waals surface area contributed by atoms with Gasteiger partial charge in [-0.3, -0.25) is 0 Å². The van der Waals surface area contributed by atoms with Crippen LogP contribution >= 0.6 is 11.6 Å². The van der Waals surface area contributed by atoms with Gasteiger partial charge in [0.1, 0.15) is 0 Å². The standard InChI is InChI=1S/C8H11ClN2O2/c1-8(2,12)5-4-6(9)10-11-7(5)13-3/h4,12H,1-3H3. The van der Waals surface area contributed by atoms with Gasteiger partial charge in [-0.1, -0.05) is 11.6 Å². The molecule has 0 aliphatic rings. The Bertz CT molecular complexity index is 310. The molecule has 0 saturated heterocycles. The number of methoxy groups -OCH3 is 1. The first-order valence-corrected chi connectivity index (χ1v) is 4.13. The molecule has 4 nitrogen and oxygen atoms in total. The fourth-order valence-electron chi connectivity index (χ4n) is 0.946. The predicted molar refractivity (Wildman–Crippen MR) is 48.8 cm³/mol. The number of nitrogens with zero attached hydrogens (tertiary/aromatic N) is 2. The van der Waals surface area contributed by atoms with Crippen LogP contribution in [-0.2, 0) is 5.60 Å². The molecule has 0 fully saturated rings. The number of halogens is 1. The second kappa shape index (κ2) is 3.47. The molecule has 0 spiro atoms. The van der Waals surface area contributed by atoms with E-state index in [0.717, 1.165) is 0 Å². The fourth-order valence-corrected chi connectivity index (χ4v) is 1.09. The summed E-state index contributed by atoms with van der Waals surface area (Å²) in [5.74, 6) is 0.289. The number of hydrogen-bond donors (Lipinski definition) is 1. The van der Waals surface area contributed by atoms with E-state index in [4.69, 9.17) is 16.3 Å². The lowest BCUT2D eigenvalue weighted by Gasteiger charge is -2.19. The van der Waals surface area contributed by atoms with Gasteiger partial charge in [0.05, 0.1) is 12.7 Å². The van der Waals surface area contributed by atoms with Crippen LogP contribution in [0.15, 0.2) is 6.07 Å². The third-order valence-corrected chi connectivity index (χ3v) is 1.77. The van der Waals surface area contributed by atoms with Crippen molar-refractivity contribution < 1.29 is 9.84 Å². The summed E-state index contributed by atoms with van der Waals surface area (Å²) in [6.45, 7) is 3.26. The van der Waals surface area contributed by atoms with Crippen LogP contribution in [0, 0.1) is 0 Å². The van der Waals surface area contributed by atoms with Crippen molar-refractivity contribution in [2.45, 2.75) is 19.4 Å². The number of aromatic nitrogens is 2. The molecule has 1 N–H and O–H groups in total. The second-order valence-corrected chi connectivity index (χ2v) is 3.54. The molecule has 0 saturated carbocycles. The highest BCUT2D eigenvalue weighted by atomic mass is 35.5. The summed E-state index contributed by atoms with van der Waals surface area (Å²) < 4.78 is 4.93. The highest BCUT2D eigenvalue weighted by molar-refractivity contribution is 6.29. The van der Waals surface area contributed by atoms with Gasteiger partial charge in [0, 0.05) is 5.56 Å². The predicted octanol–water partition coefficient (Wildman–Crippen LogP) is 1.37. The summed E-state index contributed by atoms with van der Waals surface area (Å²) in [6.07, 6.45) is 0. The normalized spacial score (nSPS) is 11.5. The third-order valence-electron chi connectivity index (χ3n) is 1.58. The molecular formula is C8H11ClN2O2. The average Bonchev–Trinajstić information content (AvgIpc) is 2.03. The van der Waals surface area contributed by atoms with Crippen molar-refractivity contribution in [1.82, 2.24) is 10.2 Å². The smallest absolute Gasteiger partial charge is 0.239 e. The Morgan fingerprint density at radius 1 is 1.46 bits per heavy atom. The molecule has 72 valence electrons. The number of hydrogen-bond acceptors (Lipinski definition) is 4. The molecule has 1 aromatic heterocycles. The maximum atomic E-state index is 9.72. The Balaban J connectivity index is 3.24. The summed E-state index contributed by atoms with van der Waals surface area (Å²) in [7, 11) is 1.47. The summed E-state index contributed by atoms with van der Waals surface area (Å²) in [6, 6.07) is 1.54. The van der Waals surface area contributed by atoms with E-state index in [9.17, 15) is 5.11 Å². The Kier molecular flexibility index (Phi) is 2.73. The first kappa shape index (κ1) is 10.2. The molecule has 0 unspecified atom stereocenters. The zero-order valence-corrected chi connectivity index (χ0v) is 8.46. The lowest BCUT2D eigenvalue weighted by Crippen LogP contribution is -2.17. The van der Waals surface area contributed by atoms with Gasteiger partial charge in [0.25, 0.3) is 0 Å². The first-order chi connectivity index (χ1) is 5.95. The van der Waals surface area contributed by atoms with Gasteiger partial charge in [-0.25, -0.2) is 0 Å². The Morgan fingerprint density at radius 3 is 2.54 bits per heavy atom. The summed E-state index contributed by atoms with van der Waals surface area (Å²) in [4.78, 5) is 0. The van der Waals surface area contributed by atoms with Gasteiger partial charge in [0.2, 0.25) is 5.88 Å². The minimum absolute atomic E-state index is 0.234. The SMILES string of the molecule is COc1nnc(Cl)cc1C(C)(C)O. The van der Waals surface area contributed by atoms with Crippen molar-refractivity contribution in [3.8, 4) is 5.88 Å². The largest absolute Gasteiger partial charge is 0.480 e. The Morgan fingerprint density at radius 2 is 2.08 bits per heavy atom. The summed E-state index contributed by atoms with van der Waals surface area (Å²) in [5.41, 5.74) is -0.514. The van der Waals surface area contributed by atoms with Crippen LogP contribution in [0.25, 0.3) is 0 Å². The van der Waals surface area contributed by atoms with Crippen molar-refractivity contribution in [1.29, 1.82) is 0 Å². The van der Waals surface area contributed by atoms with E-state index in [0.29, 0.717) is 5.56 Å². The lowest BCUT2D eigenvalue weighted by molar-refractivity contribution is 0.0746. The van der Waals surface area contributed by atoms with Crippen LogP contribution in [0.2, 0.25) is 5.15 Å². The zero-order valence-electron chi connectivity index (χ0n) is 7.71. The molecule has 1 rings (SSSR count). The zero-order chi connectivity index (χ0) is 10.1. The molecule has 0 radical (unpaired) electrons. The van der Waals surface area contributed by atoms with Crippen molar-refractivity contribution in [2.24, 2.45) is 0 Å². The molecule has 1 aromatic rings. The highest BCUT2D eigenvalue weighted by Gasteiger charge is 2.22. The average molecular weight is 203 g/mol. The molecule has 13 heavy (non-hydrogen) atoms. The van der Waals surface area contributed by atoms with E-state index >= 15 is 0 Å². The highest BCUT2D eigenvalue weighted by Crippen LogP contribution is 2.28. The monoisotopic (exact) mass is 202 g/mol. The van der Waals surface area contributed by atoms with Gasteiger partial charge in [-0.15, -0.1) is 10.2 Å². The quantitative estimate of drug-likeness (QED) is 0.787. The molecule has 0 bridgehead atoms. The van der Waals surface area contributed by atoms with Crippen molar-refractivity contribution in [3.05, 3.63) is 16.8 Å². The van der Waals surface area contributed by atoms with E-state index in [1.165, 1.54) is 13.2 Å². The van der Waals surface area contributed by atoms with Crippen molar-refractivity contribution >= 4 is 11.6 Å². The van der Waals surface area contributed by atoms with E-state index in [2.05, 4.69) is 10.2 Å². The van der Waals surface area contributed by atoms with Gasteiger partial charge >= 0.3 is 0 Å². The van der Waals surface area contributed by atoms with Gasteiger partial charge in [-0.2, -0.15) is 0 Å². The minimum Gasteiger partial charge on any atom is -0.480 e. The van der Waals surface area contributed by atoms with Crippen LogP contribution in [0.4, 0.5) is 0 Å². The lowest BCUT2D eigenvalue weighted by atomic mass is 10.0. The second-order valence-electron chi connectivity index (χ2n) is 3.15. The molecule has 0 atom stereocenters. The molecular weight excluding hydrogens is 192 g/mol. The number of ether oxygens (including phenoxy) is 1. The van der Waals surface area contributed by atoms with Crippen LogP contribution in [-0.4, -0.2) is 22.4 Å². The van der Waals surface area contributed by atoms with E-state index in [1.54, 1.807) is 13.8 Å². The maximum Gasteiger partial charge on any atom is 0.239 e. The van der Waals surface area contributed by atoms with Crippen LogP contribution in [0.1, 0.15) is 19.4 Å². The van der Waals surface area contributed by atoms with Gasteiger partial charge < -0.3 is 9.84 Å². The van der Waals surface area contributed by atoms with Crippen molar-refractivity contribution in [3.63, 3.8) is 0 Å². The third kappa shape index (κ3) is 2.29. The molecule has 0 aliphatic carbocycles. The number of rotatable bonds is 2. The molecule has 0 aliphatic heterocycles. The van der Waals surface area contributed by atoms with Crippen LogP contribution in [0.5, 0.6) is 5.88 Å². The first-order valence-electron chi connectivity index (χ1n) is 3.75. The Hall–Kier alpha value is -0.870. The van der Waals surface area contributed by atoms with Crippen LogP contribution in [0.3, 0.4) is 0 Å². The topological polar surface area (TPSA) is 55.2 Å². The van der Waals surface area contributed by atoms with Gasteiger partial charge in [0.15, 0.2) is 5.15 Å². The summed E-state index contributed by atoms with van der Waals surface area (Å²) in [5, 5.41) is 17.3. The Labute approximate surface area is 81.5 Å². The van der Waals surface area contributed by atoms with Gasteiger partial charge in [-0.05, 0) is 19.9 Å². The maximum absolute atomic E-state index is 9.72. The molecule has 5 heteroatoms.